The van der Waals surface area contributed by atoms with Gasteiger partial charge in [0.05, 0.1) is 19.6 Å². The maximum absolute atomic E-state index is 6.11. The highest BCUT2D eigenvalue weighted by molar-refractivity contribution is 7.80. The van der Waals surface area contributed by atoms with Gasteiger partial charge in [-0.3, -0.25) is 0 Å². The minimum Gasteiger partial charge on any atom is -0.356 e. The topological polar surface area (TPSA) is 28.5 Å². The fraction of sp³-hybridized carbons (Fsp3) is 0.533. The number of anilines is 1. The molecule has 0 saturated carbocycles. The fourth-order valence-corrected chi connectivity index (χ4v) is 3.14. The Morgan fingerprint density at radius 1 is 1.50 bits per heavy atom. The minimum absolute atomic E-state index is 0.673. The Morgan fingerprint density at radius 2 is 2.30 bits per heavy atom. The van der Waals surface area contributed by atoms with Gasteiger partial charge in [-0.1, -0.05) is 17.7 Å². The van der Waals surface area contributed by atoms with Crippen LogP contribution in [0.15, 0.2) is 18.2 Å². The molecule has 1 fully saturated rings. The number of halogens is 1. The fourth-order valence-electron chi connectivity index (χ4n) is 2.76. The Morgan fingerprint density at radius 3 is 3.00 bits per heavy atom. The van der Waals surface area contributed by atoms with Gasteiger partial charge < -0.3 is 15.5 Å². The van der Waals surface area contributed by atoms with Crippen molar-refractivity contribution in [2.45, 2.75) is 32.7 Å². The van der Waals surface area contributed by atoms with E-state index in [4.69, 9.17) is 23.8 Å². The van der Waals surface area contributed by atoms with Gasteiger partial charge in [-0.25, -0.2) is 0 Å². The standard InChI is InChI=1S/C15H22ClN3S/c1-3-19-8-4-5-13(19)10-17-15(20)18-12-7-6-11(2)14(16)9-12/h6-7,9,13H,3-5,8,10H2,1-2H3,(H2,17,18,20)/p+1/t13-/m0/s1. The molecule has 0 spiro atoms. The third kappa shape index (κ3) is 4.08. The van der Waals surface area contributed by atoms with Crippen molar-refractivity contribution in [3.63, 3.8) is 0 Å². The first kappa shape index (κ1) is 15.5. The van der Waals surface area contributed by atoms with Gasteiger partial charge in [0, 0.05) is 23.6 Å². The van der Waals surface area contributed by atoms with Crippen LogP contribution in [-0.4, -0.2) is 30.8 Å². The lowest BCUT2D eigenvalue weighted by atomic mass is 10.2. The van der Waals surface area contributed by atoms with Crippen molar-refractivity contribution in [3.8, 4) is 0 Å². The van der Waals surface area contributed by atoms with Crippen LogP contribution in [0.2, 0.25) is 5.02 Å². The van der Waals surface area contributed by atoms with Crippen molar-refractivity contribution in [1.82, 2.24) is 5.32 Å². The third-order valence-electron chi connectivity index (χ3n) is 4.02. The zero-order valence-electron chi connectivity index (χ0n) is 12.1. The van der Waals surface area contributed by atoms with Crippen molar-refractivity contribution in [2.24, 2.45) is 0 Å². The molecule has 1 aliphatic rings. The van der Waals surface area contributed by atoms with E-state index in [9.17, 15) is 0 Å². The molecule has 0 aromatic heterocycles. The van der Waals surface area contributed by atoms with Crippen LogP contribution in [0, 0.1) is 6.92 Å². The van der Waals surface area contributed by atoms with Gasteiger partial charge in [-0.05, 0) is 43.8 Å². The van der Waals surface area contributed by atoms with Gasteiger partial charge in [-0.2, -0.15) is 0 Å². The summed E-state index contributed by atoms with van der Waals surface area (Å²) in [6.45, 7) is 7.66. The van der Waals surface area contributed by atoms with Crippen LogP contribution in [0.4, 0.5) is 5.69 Å². The molecule has 20 heavy (non-hydrogen) atoms. The lowest BCUT2D eigenvalue weighted by Crippen LogP contribution is -3.14. The molecule has 2 atom stereocenters. The lowest BCUT2D eigenvalue weighted by Gasteiger charge is -2.21. The number of quaternary nitrogens is 1. The average Bonchev–Trinajstić information content (AvgIpc) is 2.88. The molecule has 0 aliphatic carbocycles. The van der Waals surface area contributed by atoms with E-state index in [-0.39, 0.29) is 0 Å². The maximum atomic E-state index is 6.11. The summed E-state index contributed by atoms with van der Waals surface area (Å²) in [5, 5.41) is 7.95. The number of likely N-dealkylation sites (N-methyl/N-ethyl adjacent to an activating group) is 1. The van der Waals surface area contributed by atoms with Crippen molar-refractivity contribution in [2.75, 3.05) is 25.0 Å². The molecule has 3 nitrogen and oxygen atoms in total. The summed E-state index contributed by atoms with van der Waals surface area (Å²) in [6.07, 6.45) is 2.61. The van der Waals surface area contributed by atoms with Crippen molar-refractivity contribution >= 4 is 34.6 Å². The summed E-state index contributed by atoms with van der Waals surface area (Å²) in [4.78, 5) is 1.68. The molecule has 0 amide bonds. The summed E-state index contributed by atoms with van der Waals surface area (Å²) >= 11 is 11.5. The smallest absolute Gasteiger partial charge is 0.170 e. The Hall–Kier alpha value is -0.840. The normalized spacial score (nSPS) is 21.8. The SMILES string of the molecule is CC[NH+]1CCC[C@H]1CNC(=S)Nc1ccc(C)c(Cl)c1. The second kappa shape index (κ2) is 7.25. The van der Waals surface area contributed by atoms with Crippen molar-refractivity contribution in [1.29, 1.82) is 0 Å². The van der Waals surface area contributed by atoms with E-state index in [0.717, 1.165) is 22.8 Å². The van der Waals surface area contributed by atoms with Crippen LogP contribution >= 0.6 is 23.8 Å². The number of hydrogen-bond donors (Lipinski definition) is 3. The van der Waals surface area contributed by atoms with Crippen LogP contribution in [0.5, 0.6) is 0 Å². The Bertz CT molecular complexity index is 478. The molecule has 0 radical (unpaired) electrons. The highest BCUT2D eigenvalue weighted by atomic mass is 35.5. The van der Waals surface area contributed by atoms with Crippen LogP contribution in [0.3, 0.4) is 0 Å². The Labute approximate surface area is 131 Å². The van der Waals surface area contributed by atoms with E-state index >= 15 is 0 Å². The maximum Gasteiger partial charge on any atom is 0.170 e. The molecular weight excluding hydrogens is 290 g/mol. The molecule has 1 aromatic rings. The van der Waals surface area contributed by atoms with Crippen molar-refractivity contribution in [3.05, 3.63) is 28.8 Å². The number of rotatable bonds is 4. The predicted octanol–water partition coefficient (Wildman–Crippen LogP) is 2.00. The highest BCUT2D eigenvalue weighted by Crippen LogP contribution is 2.19. The molecule has 1 heterocycles. The second-order valence-corrected chi connectivity index (χ2v) is 6.22. The van der Waals surface area contributed by atoms with Gasteiger partial charge >= 0.3 is 0 Å². The van der Waals surface area contributed by atoms with E-state index in [2.05, 4.69) is 17.6 Å². The number of thiocarbonyl (C=S) groups is 1. The van der Waals surface area contributed by atoms with Crippen LogP contribution in [0.1, 0.15) is 25.3 Å². The zero-order chi connectivity index (χ0) is 14.5. The summed E-state index contributed by atoms with van der Waals surface area (Å²) in [5.74, 6) is 0. The number of nitrogens with one attached hydrogen (secondary N) is 3. The average molecular weight is 313 g/mol. The molecular formula is C15H23ClN3S+. The first-order valence-electron chi connectivity index (χ1n) is 7.25. The molecule has 5 heteroatoms. The van der Waals surface area contributed by atoms with Gasteiger partial charge in [0.25, 0.3) is 0 Å². The molecule has 3 N–H and O–H groups in total. The molecule has 1 aromatic carbocycles. The molecule has 1 saturated heterocycles. The molecule has 2 rings (SSSR count). The van der Waals surface area contributed by atoms with Gasteiger partial charge in [-0.15, -0.1) is 0 Å². The predicted molar refractivity (Wildman–Crippen MR) is 89.8 cm³/mol. The van der Waals surface area contributed by atoms with Gasteiger partial charge in [0.2, 0.25) is 0 Å². The van der Waals surface area contributed by atoms with Crippen LogP contribution < -0.4 is 15.5 Å². The Balaban J connectivity index is 1.81. The summed E-state index contributed by atoms with van der Waals surface area (Å²) in [7, 11) is 0. The van der Waals surface area contributed by atoms with Crippen LogP contribution in [-0.2, 0) is 0 Å². The van der Waals surface area contributed by atoms with Crippen molar-refractivity contribution < 1.29 is 4.90 Å². The van der Waals surface area contributed by atoms with Crippen LogP contribution in [0.25, 0.3) is 0 Å². The van der Waals surface area contributed by atoms with E-state index in [1.807, 2.05) is 25.1 Å². The first-order valence-corrected chi connectivity index (χ1v) is 8.04. The number of likely N-dealkylation sites (tertiary alicyclic amines) is 1. The van der Waals surface area contributed by atoms with E-state index < -0.39 is 0 Å². The molecule has 0 bridgehead atoms. The third-order valence-corrected chi connectivity index (χ3v) is 4.67. The minimum atomic E-state index is 0.673. The largest absolute Gasteiger partial charge is 0.356 e. The summed E-state index contributed by atoms with van der Waals surface area (Å²) in [5.41, 5.74) is 2.01. The number of benzene rings is 1. The quantitative estimate of drug-likeness (QED) is 0.743. The number of hydrogen-bond acceptors (Lipinski definition) is 1. The monoisotopic (exact) mass is 312 g/mol. The molecule has 1 unspecified atom stereocenters. The van der Waals surface area contributed by atoms with E-state index in [0.29, 0.717) is 11.2 Å². The summed E-state index contributed by atoms with van der Waals surface area (Å²) < 4.78 is 0. The second-order valence-electron chi connectivity index (χ2n) is 5.40. The highest BCUT2D eigenvalue weighted by Gasteiger charge is 2.26. The first-order chi connectivity index (χ1) is 9.60. The Kier molecular flexibility index (Phi) is 5.64. The molecule has 110 valence electrons. The van der Waals surface area contributed by atoms with Gasteiger partial charge in [0.15, 0.2) is 5.11 Å². The summed E-state index contributed by atoms with van der Waals surface area (Å²) in [6, 6.07) is 6.58. The number of aryl methyl sites for hydroxylation is 1. The molecule has 1 aliphatic heterocycles. The lowest BCUT2D eigenvalue weighted by molar-refractivity contribution is -0.909. The van der Waals surface area contributed by atoms with E-state index in [1.54, 1.807) is 4.90 Å². The van der Waals surface area contributed by atoms with E-state index in [1.165, 1.54) is 25.9 Å². The van der Waals surface area contributed by atoms with Gasteiger partial charge in [0.1, 0.15) is 6.04 Å². The zero-order valence-corrected chi connectivity index (χ0v) is 13.7.